The van der Waals surface area contributed by atoms with Gasteiger partial charge in [-0.25, -0.2) is 14.4 Å². The van der Waals surface area contributed by atoms with Gasteiger partial charge in [0.15, 0.2) is 0 Å². The van der Waals surface area contributed by atoms with E-state index in [2.05, 4.69) is 17.4 Å². The van der Waals surface area contributed by atoms with Gasteiger partial charge in [0.05, 0.1) is 11.4 Å². The summed E-state index contributed by atoms with van der Waals surface area (Å²) in [5, 5.41) is 3.37. The number of halogens is 1. The number of fused-ring (bicyclic) bond motifs is 1. The predicted molar refractivity (Wildman–Crippen MR) is 92.1 cm³/mol. The molecule has 4 rings (SSSR count). The van der Waals surface area contributed by atoms with Crippen molar-refractivity contribution in [2.75, 3.05) is 6.54 Å². The Morgan fingerprint density at radius 2 is 1.75 bits per heavy atom. The summed E-state index contributed by atoms with van der Waals surface area (Å²) < 4.78 is 13.3. The zero-order valence-electron chi connectivity index (χ0n) is 13.3. The summed E-state index contributed by atoms with van der Waals surface area (Å²) in [6, 6.07) is 16.8. The van der Waals surface area contributed by atoms with Crippen LogP contribution in [0.5, 0.6) is 0 Å². The Kier molecular flexibility index (Phi) is 4.05. The maximum Gasteiger partial charge on any atom is 0.133 e. The molecule has 0 saturated heterocycles. The van der Waals surface area contributed by atoms with Crippen LogP contribution >= 0.6 is 0 Å². The van der Waals surface area contributed by atoms with E-state index in [1.165, 1.54) is 23.3 Å². The number of rotatable bonds is 3. The SMILES string of the molecule is Fc1ccc(-c2nc(Cc3ccccc3)nc3c2CCNC3)cc1. The minimum Gasteiger partial charge on any atom is -0.311 e. The van der Waals surface area contributed by atoms with Gasteiger partial charge in [0.1, 0.15) is 11.6 Å². The molecule has 3 nitrogen and oxygen atoms in total. The highest BCUT2D eigenvalue weighted by Crippen LogP contribution is 2.26. The first-order valence-corrected chi connectivity index (χ1v) is 8.19. The molecule has 24 heavy (non-hydrogen) atoms. The van der Waals surface area contributed by atoms with E-state index in [0.717, 1.165) is 42.3 Å². The van der Waals surface area contributed by atoms with Crippen molar-refractivity contribution in [3.8, 4) is 11.3 Å². The van der Waals surface area contributed by atoms with Gasteiger partial charge in [-0.2, -0.15) is 0 Å². The highest BCUT2D eigenvalue weighted by molar-refractivity contribution is 5.64. The van der Waals surface area contributed by atoms with E-state index < -0.39 is 0 Å². The van der Waals surface area contributed by atoms with Crippen LogP contribution in [0.25, 0.3) is 11.3 Å². The fourth-order valence-electron chi connectivity index (χ4n) is 3.11. The second-order valence-corrected chi connectivity index (χ2v) is 6.01. The van der Waals surface area contributed by atoms with Crippen LogP contribution < -0.4 is 5.32 Å². The first-order chi connectivity index (χ1) is 11.8. The smallest absolute Gasteiger partial charge is 0.133 e. The van der Waals surface area contributed by atoms with Crippen molar-refractivity contribution in [2.45, 2.75) is 19.4 Å². The molecule has 3 aromatic rings. The van der Waals surface area contributed by atoms with Gasteiger partial charge in [-0.1, -0.05) is 30.3 Å². The molecule has 1 aliphatic heterocycles. The molecule has 0 spiro atoms. The standard InChI is InChI=1S/C20H18FN3/c21-16-8-6-15(7-9-16)20-17-10-11-22-13-18(17)23-19(24-20)12-14-4-2-1-3-5-14/h1-9,22H,10-13H2. The largest absolute Gasteiger partial charge is 0.311 e. The lowest BCUT2D eigenvalue weighted by Gasteiger charge is -2.20. The normalized spacial score (nSPS) is 13.5. The topological polar surface area (TPSA) is 37.8 Å². The number of hydrogen-bond acceptors (Lipinski definition) is 3. The molecule has 0 bridgehead atoms. The third kappa shape index (κ3) is 3.05. The van der Waals surface area contributed by atoms with Crippen LogP contribution in [0.4, 0.5) is 4.39 Å². The zero-order valence-corrected chi connectivity index (χ0v) is 13.3. The minimum absolute atomic E-state index is 0.229. The van der Waals surface area contributed by atoms with Crippen molar-refractivity contribution in [1.82, 2.24) is 15.3 Å². The maximum absolute atomic E-state index is 13.3. The Balaban J connectivity index is 1.79. The molecule has 2 heterocycles. The lowest BCUT2D eigenvalue weighted by atomic mass is 9.98. The summed E-state index contributed by atoms with van der Waals surface area (Å²) in [6.45, 7) is 1.68. The molecule has 2 aromatic carbocycles. The third-order valence-corrected chi connectivity index (χ3v) is 4.31. The van der Waals surface area contributed by atoms with Crippen LogP contribution in [0.15, 0.2) is 54.6 Å². The first-order valence-electron chi connectivity index (χ1n) is 8.19. The summed E-state index contributed by atoms with van der Waals surface area (Å²) in [7, 11) is 0. The summed E-state index contributed by atoms with van der Waals surface area (Å²) in [5.41, 5.74) is 5.31. The van der Waals surface area contributed by atoms with Crippen LogP contribution in [0.2, 0.25) is 0 Å². The summed E-state index contributed by atoms with van der Waals surface area (Å²) in [5.74, 6) is 0.579. The van der Waals surface area contributed by atoms with E-state index >= 15 is 0 Å². The highest BCUT2D eigenvalue weighted by atomic mass is 19.1. The minimum atomic E-state index is -0.229. The van der Waals surface area contributed by atoms with Crippen molar-refractivity contribution in [3.05, 3.63) is 83.1 Å². The lowest BCUT2D eigenvalue weighted by Crippen LogP contribution is -2.26. The predicted octanol–water partition coefficient (Wildman–Crippen LogP) is 3.52. The van der Waals surface area contributed by atoms with Crippen LogP contribution in [0.3, 0.4) is 0 Å². The molecule has 0 atom stereocenters. The zero-order chi connectivity index (χ0) is 16.4. The first kappa shape index (κ1) is 15.0. The Labute approximate surface area is 140 Å². The second-order valence-electron chi connectivity index (χ2n) is 6.01. The molecule has 0 radical (unpaired) electrons. The van der Waals surface area contributed by atoms with E-state index in [9.17, 15) is 4.39 Å². The summed E-state index contributed by atoms with van der Waals surface area (Å²) in [4.78, 5) is 9.58. The fourth-order valence-corrected chi connectivity index (χ4v) is 3.11. The maximum atomic E-state index is 13.3. The van der Waals surface area contributed by atoms with Crippen LogP contribution in [-0.2, 0) is 19.4 Å². The van der Waals surface area contributed by atoms with Crippen molar-refractivity contribution in [3.63, 3.8) is 0 Å². The molecule has 4 heteroatoms. The molecule has 120 valence electrons. The van der Waals surface area contributed by atoms with Crippen LogP contribution in [0.1, 0.15) is 22.6 Å². The monoisotopic (exact) mass is 319 g/mol. The Morgan fingerprint density at radius 3 is 2.54 bits per heavy atom. The van der Waals surface area contributed by atoms with Crippen LogP contribution in [-0.4, -0.2) is 16.5 Å². The van der Waals surface area contributed by atoms with Gasteiger partial charge in [-0.3, -0.25) is 0 Å². The molecule has 0 unspecified atom stereocenters. The second kappa shape index (κ2) is 6.49. The van der Waals surface area contributed by atoms with Gasteiger partial charge < -0.3 is 5.32 Å². The molecule has 0 saturated carbocycles. The van der Waals surface area contributed by atoms with Gasteiger partial charge in [-0.15, -0.1) is 0 Å². The third-order valence-electron chi connectivity index (χ3n) is 4.31. The number of aromatic nitrogens is 2. The fraction of sp³-hybridized carbons (Fsp3) is 0.200. The van der Waals surface area contributed by atoms with E-state index in [0.29, 0.717) is 6.42 Å². The summed E-state index contributed by atoms with van der Waals surface area (Å²) in [6.07, 6.45) is 1.59. The van der Waals surface area contributed by atoms with Crippen molar-refractivity contribution >= 4 is 0 Å². The lowest BCUT2D eigenvalue weighted by molar-refractivity contribution is 0.619. The molecular weight excluding hydrogens is 301 g/mol. The van der Waals surface area contributed by atoms with Gasteiger partial charge in [-0.05, 0) is 42.8 Å². The summed E-state index contributed by atoms with van der Waals surface area (Å²) >= 11 is 0. The molecule has 0 amide bonds. The molecule has 1 aliphatic rings. The van der Waals surface area contributed by atoms with Gasteiger partial charge in [0, 0.05) is 24.1 Å². The van der Waals surface area contributed by atoms with Crippen molar-refractivity contribution in [2.24, 2.45) is 0 Å². The average molecular weight is 319 g/mol. The van der Waals surface area contributed by atoms with Crippen LogP contribution in [0, 0.1) is 5.82 Å². The number of hydrogen-bond donors (Lipinski definition) is 1. The Morgan fingerprint density at radius 1 is 0.958 bits per heavy atom. The quantitative estimate of drug-likeness (QED) is 0.803. The molecule has 1 N–H and O–H groups in total. The molecule has 0 aliphatic carbocycles. The van der Waals surface area contributed by atoms with Gasteiger partial charge >= 0.3 is 0 Å². The average Bonchev–Trinajstić information content (AvgIpc) is 2.63. The van der Waals surface area contributed by atoms with E-state index in [1.807, 2.05) is 18.2 Å². The van der Waals surface area contributed by atoms with Crippen molar-refractivity contribution in [1.29, 1.82) is 0 Å². The van der Waals surface area contributed by atoms with E-state index in [4.69, 9.17) is 9.97 Å². The van der Waals surface area contributed by atoms with E-state index in [-0.39, 0.29) is 5.82 Å². The Bertz CT molecular complexity index is 845. The highest BCUT2D eigenvalue weighted by Gasteiger charge is 2.18. The van der Waals surface area contributed by atoms with E-state index in [1.54, 1.807) is 12.1 Å². The molecule has 0 fully saturated rings. The Hall–Kier alpha value is -2.59. The van der Waals surface area contributed by atoms with Gasteiger partial charge in [0.25, 0.3) is 0 Å². The number of nitrogens with zero attached hydrogens (tertiary/aromatic N) is 2. The molecule has 1 aromatic heterocycles. The number of nitrogens with one attached hydrogen (secondary N) is 1. The van der Waals surface area contributed by atoms with Gasteiger partial charge in [0.2, 0.25) is 0 Å². The molecular formula is C20H18FN3. The number of benzene rings is 2. The van der Waals surface area contributed by atoms with Crippen molar-refractivity contribution < 1.29 is 4.39 Å².